The van der Waals surface area contributed by atoms with E-state index in [1.165, 1.54) is 18.5 Å². The Morgan fingerprint density at radius 3 is 2.59 bits per heavy atom. The Morgan fingerprint density at radius 1 is 1.47 bits per heavy atom. The molecule has 0 radical (unpaired) electrons. The van der Waals surface area contributed by atoms with Crippen LogP contribution in [0.25, 0.3) is 0 Å². The molecule has 0 spiro atoms. The molecule has 0 aliphatic carbocycles. The summed E-state index contributed by atoms with van der Waals surface area (Å²) in [6, 6.07) is 0.528. The standard InChI is InChI=1S/C11H13ClN2O3/c1-6(2)9(11(16)17)14-10(15)7-5-13-4-3-8(7)12/h3-6,9H,1-2H3,(H,14,15)(H,16,17)/t9-/m0/s1. The summed E-state index contributed by atoms with van der Waals surface area (Å²) in [5.41, 5.74) is 0.168. The van der Waals surface area contributed by atoms with Crippen LogP contribution in [-0.2, 0) is 4.79 Å². The number of pyridine rings is 1. The number of carbonyl (C=O) groups excluding carboxylic acids is 1. The van der Waals surface area contributed by atoms with Gasteiger partial charge in [-0.3, -0.25) is 9.78 Å². The molecule has 92 valence electrons. The summed E-state index contributed by atoms with van der Waals surface area (Å²) in [4.78, 5) is 26.5. The molecule has 0 unspecified atom stereocenters. The molecule has 0 fully saturated rings. The summed E-state index contributed by atoms with van der Waals surface area (Å²) in [6.45, 7) is 3.42. The number of carboxylic acid groups (broad SMARTS) is 1. The first kappa shape index (κ1) is 13.4. The molecule has 0 saturated heterocycles. The lowest BCUT2D eigenvalue weighted by Crippen LogP contribution is -2.44. The molecule has 6 heteroatoms. The van der Waals surface area contributed by atoms with Crippen LogP contribution in [0.15, 0.2) is 18.5 Å². The fraction of sp³-hybridized carbons (Fsp3) is 0.364. The largest absolute Gasteiger partial charge is 0.480 e. The summed E-state index contributed by atoms with van der Waals surface area (Å²) in [5.74, 6) is -1.83. The molecular weight excluding hydrogens is 244 g/mol. The van der Waals surface area contributed by atoms with Gasteiger partial charge in [0.15, 0.2) is 0 Å². The number of carbonyl (C=O) groups is 2. The van der Waals surface area contributed by atoms with Crippen LogP contribution < -0.4 is 5.32 Å². The van der Waals surface area contributed by atoms with Gasteiger partial charge in [-0.2, -0.15) is 0 Å². The molecule has 1 aromatic rings. The van der Waals surface area contributed by atoms with Gasteiger partial charge < -0.3 is 10.4 Å². The molecule has 2 N–H and O–H groups in total. The minimum Gasteiger partial charge on any atom is -0.480 e. The Balaban J connectivity index is 2.85. The Labute approximate surface area is 104 Å². The van der Waals surface area contributed by atoms with Gasteiger partial charge in [-0.15, -0.1) is 0 Å². The maximum atomic E-state index is 11.8. The molecule has 1 amide bonds. The minimum atomic E-state index is -1.08. The van der Waals surface area contributed by atoms with E-state index >= 15 is 0 Å². The van der Waals surface area contributed by atoms with Crippen molar-refractivity contribution in [3.63, 3.8) is 0 Å². The molecule has 5 nitrogen and oxygen atoms in total. The predicted octanol–water partition coefficient (Wildman–Crippen LogP) is 1.57. The fourth-order valence-corrected chi connectivity index (χ4v) is 1.47. The molecule has 1 aromatic heterocycles. The first-order valence-electron chi connectivity index (χ1n) is 5.06. The van der Waals surface area contributed by atoms with Crippen molar-refractivity contribution in [2.24, 2.45) is 5.92 Å². The topological polar surface area (TPSA) is 79.3 Å². The van der Waals surface area contributed by atoms with E-state index in [2.05, 4.69) is 10.3 Å². The maximum absolute atomic E-state index is 11.8. The summed E-state index contributed by atoms with van der Waals surface area (Å²) >= 11 is 5.81. The third-order valence-electron chi connectivity index (χ3n) is 2.23. The van der Waals surface area contributed by atoms with E-state index in [0.717, 1.165) is 0 Å². The van der Waals surface area contributed by atoms with Crippen LogP contribution in [-0.4, -0.2) is 28.0 Å². The average Bonchev–Trinajstić information content (AvgIpc) is 2.25. The Hall–Kier alpha value is -1.62. The Morgan fingerprint density at radius 2 is 2.12 bits per heavy atom. The quantitative estimate of drug-likeness (QED) is 0.857. The van der Waals surface area contributed by atoms with E-state index in [4.69, 9.17) is 16.7 Å². The van der Waals surface area contributed by atoms with Crippen molar-refractivity contribution in [2.75, 3.05) is 0 Å². The van der Waals surface area contributed by atoms with Crippen LogP contribution in [0, 0.1) is 5.92 Å². The summed E-state index contributed by atoms with van der Waals surface area (Å²) in [7, 11) is 0. The van der Waals surface area contributed by atoms with Gasteiger partial charge in [0.25, 0.3) is 5.91 Å². The zero-order valence-corrected chi connectivity index (χ0v) is 10.2. The number of nitrogens with zero attached hydrogens (tertiary/aromatic N) is 1. The lowest BCUT2D eigenvalue weighted by Gasteiger charge is -2.17. The van der Waals surface area contributed by atoms with Crippen molar-refractivity contribution < 1.29 is 14.7 Å². The maximum Gasteiger partial charge on any atom is 0.326 e. The van der Waals surface area contributed by atoms with Gasteiger partial charge in [0.1, 0.15) is 6.04 Å². The van der Waals surface area contributed by atoms with Crippen LogP contribution in [0.1, 0.15) is 24.2 Å². The third-order valence-corrected chi connectivity index (χ3v) is 2.56. The molecule has 1 rings (SSSR count). The van der Waals surface area contributed by atoms with Crippen LogP contribution >= 0.6 is 11.6 Å². The number of carboxylic acids is 1. The van der Waals surface area contributed by atoms with Crippen LogP contribution in [0.4, 0.5) is 0 Å². The van der Waals surface area contributed by atoms with E-state index in [1.54, 1.807) is 13.8 Å². The Bertz CT molecular complexity index is 434. The number of hydrogen-bond donors (Lipinski definition) is 2. The molecule has 1 atom stereocenters. The van der Waals surface area contributed by atoms with E-state index in [1.807, 2.05) is 0 Å². The van der Waals surface area contributed by atoms with E-state index in [9.17, 15) is 9.59 Å². The average molecular weight is 257 g/mol. The van der Waals surface area contributed by atoms with Crippen molar-refractivity contribution >= 4 is 23.5 Å². The van der Waals surface area contributed by atoms with Crippen molar-refractivity contribution in [3.8, 4) is 0 Å². The van der Waals surface area contributed by atoms with Gasteiger partial charge in [0, 0.05) is 12.4 Å². The second-order valence-electron chi connectivity index (χ2n) is 3.89. The van der Waals surface area contributed by atoms with Crippen molar-refractivity contribution in [3.05, 3.63) is 29.0 Å². The zero-order chi connectivity index (χ0) is 13.0. The SMILES string of the molecule is CC(C)[C@H](NC(=O)c1cnccc1Cl)C(=O)O. The number of nitrogens with one attached hydrogen (secondary N) is 1. The molecule has 0 aliphatic rings. The van der Waals surface area contributed by atoms with Gasteiger partial charge in [-0.1, -0.05) is 25.4 Å². The molecule has 0 aliphatic heterocycles. The van der Waals surface area contributed by atoms with Gasteiger partial charge in [0.05, 0.1) is 10.6 Å². The zero-order valence-electron chi connectivity index (χ0n) is 9.48. The number of halogens is 1. The van der Waals surface area contributed by atoms with Gasteiger partial charge in [0.2, 0.25) is 0 Å². The van der Waals surface area contributed by atoms with E-state index in [-0.39, 0.29) is 16.5 Å². The van der Waals surface area contributed by atoms with Crippen LogP contribution in [0.3, 0.4) is 0 Å². The highest BCUT2D eigenvalue weighted by Gasteiger charge is 2.24. The number of rotatable bonds is 4. The monoisotopic (exact) mass is 256 g/mol. The summed E-state index contributed by atoms with van der Waals surface area (Å²) in [5, 5.41) is 11.6. The molecule has 0 saturated carbocycles. The molecule has 0 aromatic carbocycles. The third kappa shape index (κ3) is 3.42. The molecular formula is C11H13ClN2O3. The lowest BCUT2D eigenvalue weighted by atomic mass is 10.0. The first-order chi connectivity index (χ1) is 7.93. The molecule has 17 heavy (non-hydrogen) atoms. The molecule has 0 bridgehead atoms. The van der Waals surface area contributed by atoms with Crippen LogP contribution in [0.2, 0.25) is 5.02 Å². The first-order valence-corrected chi connectivity index (χ1v) is 5.44. The summed E-state index contributed by atoms with van der Waals surface area (Å²) in [6.07, 6.45) is 2.76. The fourth-order valence-electron chi connectivity index (χ4n) is 1.28. The minimum absolute atomic E-state index is 0.168. The second-order valence-corrected chi connectivity index (χ2v) is 4.30. The Kier molecular flexibility index (Phi) is 4.45. The normalized spacial score (nSPS) is 12.2. The van der Waals surface area contributed by atoms with Gasteiger partial charge in [-0.05, 0) is 12.0 Å². The highest BCUT2D eigenvalue weighted by molar-refractivity contribution is 6.33. The number of aliphatic carboxylic acids is 1. The van der Waals surface area contributed by atoms with Gasteiger partial charge >= 0.3 is 5.97 Å². The van der Waals surface area contributed by atoms with Crippen molar-refractivity contribution in [1.29, 1.82) is 0 Å². The number of aromatic nitrogens is 1. The lowest BCUT2D eigenvalue weighted by molar-refractivity contribution is -0.140. The predicted molar refractivity (Wildman–Crippen MR) is 63.0 cm³/mol. The smallest absolute Gasteiger partial charge is 0.326 e. The van der Waals surface area contributed by atoms with Crippen molar-refractivity contribution in [2.45, 2.75) is 19.9 Å². The highest BCUT2D eigenvalue weighted by Crippen LogP contribution is 2.14. The van der Waals surface area contributed by atoms with E-state index in [0.29, 0.717) is 0 Å². The van der Waals surface area contributed by atoms with Gasteiger partial charge in [-0.25, -0.2) is 4.79 Å². The summed E-state index contributed by atoms with van der Waals surface area (Å²) < 4.78 is 0. The highest BCUT2D eigenvalue weighted by atomic mass is 35.5. The second kappa shape index (κ2) is 5.63. The van der Waals surface area contributed by atoms with E-state index < -0.39 is 17.9 Å². The van der Waals surface area contributed by atoms with Crippen molar-refractivity contribution in [1.82, 2.24) is 10.3 Å². The molecule has 1 heterocycles. The number of hydrogen-bond acceptors (Lipinski definition) is 3. The number of amides is 1. The van der Waals surface area contributed by atoms with Crippen LogP contribution in [0.5, 0.6) is 0 Å².